The van der Waals surface area contributed by atoms with Crippen molar-refractivity contribution in [3.05, 3.63) is 35.5 Å². The maximum Gasteiger partial charge on any atom is 0.0677 e. The summed E-state index contributed by atoms with van der Waals surface area (Å²) >= 11 is 0. The first-order valence-electron chi connectivity index (χ1n) is 12.2. The summed E-state index contributed by atoms with van der Waals surface area (Å²) < 4.78 is 0. The second kappa shape index (κ2) is 9.13. The predicted octanol–water partition coefficient (Wildman–Crippen LogP) is 4.82. The van der Waals surface area contributed by atoms with Crippen molar-refractivity contribution in [3.63, 3.8) is 0 Å². The fourth-order valence-corrected chi connectivity index (χ4v) is 6.92. The lowest BCUT2D eigenvalue weighted by Gasteiger charge is -2.47. The van der Waals surface area contributed by atoms with Crippen molar-refractivity contribution >= 4 is 0 Å². The third kappa shape index (κ3) is 5.71. The largest absolute Gasteiger partial charge is 0.393 e. The normalized spacial score (nSPS) is 37.7. The molecule has 0 aromatic carbocycles. The fourth-order valence-electron chi connectivity index (χ4n) is 6.92. The summed E-state index contributed by atoms with van der Waals surface area (Å²) in [7, 11) is 0. The standard InChI is InChI=1S/C27H44O4/c1-18-8-11-21(28)15-20(18)10-9-19-7-6-14-26(4)23(19)12-13-24(26)27(5,31)17-22(29)16-25(2,3)30/h9-10,21-24,28-31H,1,6-8,11-17H2,2-5H3/b19-9+,20-10-/t21-,22?,23+,24-,26+,27-/m0/s1. The highest BCUT2D eigenvalue weighted by Crippen LogP contribution is 2.60. The molecule has 3 aliphatic carbocycles. The highest BCUT2D eigenvalue weighted by atomic mass is 16.3. The molecule has 0 amide bonds. The molecule has 31 heavy (non-hydrogen) atoms. The Morgan fingerprint density at radius 3 is 2.48 bits per heavy atom. The monoisotopic (exact) mass is 432 g/mol. The van der Waals surface area contributed by atoms with Crippen LogP contribution in [-0.2, 0) is 0 Å². The molecule has 0 heterocycles. The van der Waals surface area contributed by atoms with Crippen LogP contribution in [0.4, 0.5) is 0 Å². The first-order chi connectivity index (χ1) is 14.3. The topological polar surface area (TPSA) is 80.9 Å². The lowest BCUT2D eigenvalue weighted by molar-refractivity contribution is -0.0940. The number of hydrogen-bond acceptors (Lipinski definition) is 4. The predicted molar refractivity (Wildman–Crippen MR) is 125 cm³/mol. The molecule has 3 aliphatic rings. The molecule has 1 unspecified atom stereocenters. The van der Waals surface area contributed by atoms with Gasteiger partial charge in [-0.25, -0.2) is 0 Å². The maximum absolute atomic E-state index is 11.5. The third-order valence-corrected chi connectivity index (χ3v) is 8.29. The van der Waals surface area contributed by atoms with Gasteiger partial charge < -0.3 is 20.4 Å². The summed E-state index contributed by atoms with van der Waals surface area (Å²) in [6, 6.07) is 0. The number of aliphatic hydroxyl groups excluding tert-OH is 2. The number of allylic oxidation sites excluding steroid dienone is 4. The first-order valence-corrected chi connectivity index (χ1v) is 12.2. The molecule has 0 aromatic rings. The SMILES string of the molecule is C=C1CC[C@H](O)C/C1=C/C=C1\CCC[C@]2(C)[C@@H]1CC[C@@H]2[C@@](C)(O)CC(O)CC(C)(C)O. The van der Waals surface area contributed by atoms with Crippen molar-refractivity contribution in [2.24, 2.45) is 17.3 Å². The van der Waals surface area contributed by atoms with Crippen molar-refractivity contribution in [2.75, 3.05) is 0 Å². The van der Waals surface area contributed by atoms with Gasteiger partial charge >= 0.3 is 0 Å². The van der Waals surface area contributed by atoms with Gasteiger partial charge in [0.1, 0.15) is 0 Å². The Labute approximate surface area is 188 Å². The van der Waals surface area contributed by atoms with Gasteiger partial charge in [-0.1, -0.05) is 36.8 Å². The number of rotatable bonds is 6. The van der Waals surface area contributed by atoms with E-state index in [0.717, 1.165) is 50.5 Å². The van der Waals surface area contributed by atoms with Crippen LogP contribution in [0.2, 0.25) is 0 Å². The minimum absolute atomic E-state index is 0.0175. The zero-order valence-electron chi connectivity index (χ0n) is 20.0. The Morgan fingerprint density at radius 1 is 1.10 bits per heavy atom. The summed E-state index contributed by atoms with van der Waals surface area (Å²) in [6.45, 7) is 11.8. The molecule has 4 heteroatoms. The summed E-state index contributed by atoms with van der Waals surface area (Å²) in [4.78, 5) is 0. The molecule has 0 spiro atoms. The van der Waals surface area contributed by atoms with Gasteiger partial charge in [-0.15, -0.1) is 0 Å². The quantitative estimate of drug-likeness (QED) is 0.485. The van der Waals surface area contributed by atoms with E-state index in [4.69, 9.17) is 0 Å². The van der Waals surface area contributed by atoms with Gasteiger partial charge in [-0.2, -0.15) is 0 Å². The second-order valence-electron chi connectivity index (χ2n) is 11.7. The molecular weight excluding hydrogens is 388 g/mol. The van der Waals surface area contributed by atoms with Crippen molar-refractivity contribution in [2.45, 2.75) is 115 Å². The number of hydrogen-bond donors (Lipinski definition) is 4. The van der Waals surface area contributed by atoms with Gasteiger partial charge in [-0.3, -0.25) is 0 Å². The van der Waals surface area contributed by atoms with Crippen LogP contribution in [0.1, 0.15) is 91.9 Å². The van der Waals surface area contributed by atoms with E-state index in [1.54, 1.807) is 13.8 Å². The maximum atomic E-state index is 11.5. The van der Waals surface area contributed by atoms with E-state index < -0.39 is 17.3 Å². The summed E-state index contributed by atoms with van der Waals surface area (Å²) in [5.41, 5.74) is 1.90. The molecule has 3 rings (SSSR count). The fraction of sp³-hybridized carbons (Fsp3) is 0.778. The molecule has 4 N–H and O–H groups in total. The van der Waals surface area contributed by atoms with Crippen LogP contribution in [-0.4, -0.2) is 43.8 Å². The van der Waals surface area contributed by atoms with Gasteiger partial charge in [0, 0.05) is 12.8 Å². The zero-order valence-corrected chi connectivity index (χ0v) is 20.0. The molecule has 0 aromatic heterocycles. The van der Waals surface area contributed by atoms with Gasteiger partial charge in [0.2, 0.25) is 0 Å². The molecule has 0 bridgehead atoms. The van der Waals surface area contributed by atoms with E-state index in [9.17, 15) is 20.4 Å². The van der Waals surface area contributed by atoms with E-state index in [2.05, 4.69) is 25.7 Å². The molecule has 0 saturated heterocycles. The van der Waals surface area contributed by atoms with Crippen LogP contribution < -0.4 is 0 Å². The number of fused-ring (bicyclic) bond motifs is 1. The van der Waals surface area contributed by atoms with E-state index in [-0.39, 0.29) is 23.9 Å². The molecule has 3 fully saturated rings. The first kappa shape index (κ1) is 24.7. The Hall–Kier alpha value is -0.940. The molecule has 0 radical (unpaired) electrons. The molecular formula is C27H44O4. The van der Waals surface area contributed by atoms with E-state index in [1.807, 2.05) is 6.92 Å². The van der Waals surface area contributed by atoms with Gasteiger partial charge in [-0.05, 0) is 95.0 Å². The lowest BCUT2D eigenvalue weighted by atomic mass is 9.59. The lowest BCUT2D eigenvalue weighted by Crippen LogP contribution is -2.47. The van der Waals surface area contributed by atoms with Crippen molar-refractivity contribution in [3.8, 4) is 0 Å². The van der Waals surface area contributed by atoms with Gasteiger partial charge in [0.05, 0.1) is 23.4 Å². The van der Waals surface area contributed by atoms with Crippen molar-refractivity contribution < 1.29 is 20.4 Å². The summed E-state index contributed by atoms with van der Waals surface area (Å²) in [5.74, 6) is 0.576. The molecule has 6 atom stereocenters. The van der Waals surface area contributed by atoms with E-state index >= 15 is 0 Å². The average molecular weight is 433 g/mol. The minimum Gasteiger partial charge on any atom is -0.393 e. The summed E-state index contributed by atoms with van der Waals surface area (Å²) in [6.07, 6.45) is 11.8. The van der Waals surface area contributed by atoms with Crippen LogP contribution in [0.25, 0.3) is 0 Å². The third-order valence-electron chi connectivity index (χ3n) is 8.29. The highest BCUT2D eigenvalue weighted by Gasteiger charge is 2.55. The summed E-state index contributed by atoms with van der Waals surface area (Å²) in [5, 5.41) is 42.1. The van der Waals surface area contributed by atoms with E-state index in [0.29, 0.717) is 18.8 Å². The zero-order chi connectivity index (χ0) is 23.0. The molecule has 4 nitrogen and oxygen atoms in total. The van der Waals surface area contributed by atoms with Crippen molar-refractivity contribution in [1.29, 1.82) is 0 Å². The molecule has 0 aliphatic heterocycles. The van der Waals surface area contributed by atoms with Crippen LogP contribution in [0.5, 0.6) is 0 Å². The Balaban J connectivity index is 1.76. The van der Waals surface area contributed by atoms with Gasteiger partial charge in [0.15, 0.2) is 0 Å². The highest BCUT2D eigenvalue weighted by molar-refractivity contribution is 5.36. The van der Waals surface area contributed by atoms with Crippen molar-refractivity contribution in [1.82, 2.24) is 0 Å². The second-order valence-corrected chi connectivity index (χ2v) is 11.7. The molecule has 176 valence electrons. The van der Waals surface area contributed by atoms with E-state index in [1.165, 1.54) is 11.1 Å². The molecule has 3 saturated carbocycles. The average Bonchev–Trinajstić information content (AvgIpc) is 2.98. The minimum atomic E-state index is -0.961. The van der Waals surface area contributed by atoms with Crippen LogP contribution >= 0.6 is 0 Å². The Bertz CT molecular complexity index is 726. The van der Waals surface area contributed by atoms with Gasteiger partial charge in [0.25, 0.3) is 0 Å². The number of aliphatic hydroxyl groups is 4. The smallest absolute Gasteiger partial charge is 0.0677 e. The Kier molecular flexibility index (Phi) is 7.27. The van der Waals surface area contributed by atoms with Crippen LogP contribution in [0.3, 0.4) is 0 Å². The van der Waals surface area contributed by atoms with Crippen LogP contribution in [0.15, 0.2) is 35.5 Å². The Morgan fingerprint density at radius 2 is 1.81 bits per heavy atom. The van der Waals surface area contributed by atoms with Crippen LogP contribution in [0, 0.1) is 17.3 Å².